The molecule has 0 amide bonds. The molecule has 0 atom stereocenters. The Bertz CT molecular complexity index is 1440. The molecule has 4 aromatic rings. The number of hydrogen-bond acceptors (Lipinski definition) is 4. The number of benzene rings is 3. The first-order valence-electron chi connectivity index (χ1n) is 12.6. The van der Waals surface area contributed by atoms with Gasteiger partial charge >= 0.3 is 0 Å². The summed E-state index contributed by atoms with van der Waals surface area (Å²) in [5, 5.41) is 3.47. The third-order valence-corrected chi connectivity index (χ3v) is 9.91. The van der Waals surface area contributed by atoms with Gasteiger partial charge in [0, 0.05) is 25.4 Å². The van der Waals surface area contributed by atoms with Gasteiger partial charge in [0.15, 0.2) is 5.16 Å². The van der Waals surface area contributed by atoms with Gasteiger partial charge in [0.25, 0.3) is 0 Å². The first kappa shape index (κ1) is 24.3. The third kappa shape index (κ3) is 4.99. The topological polar surface area (TPSA) is 55.2 Å². The van der Waals surface area contributed by atoms with Crippen LogP contribution in [0.25, 0.3) is 21.8 Å². The lowest BCUT2D eigenvalue weighted by Gasteiger charge is -2.18. The monoisotopic (exact) mass is 507 g/mol. The maximum absolute atomic E-state index is 13.1. The lowest BCUT2D eigenvalue weighted by atomic mass is 10.1. The quantitative estimate of drug-likeness (QED) is 0.229. The molecule has 1 saturated carbocycles. The van der Waals surface area contributed by atoms with Crippen molar-refractivity contribution in [1.82, 2.24) is 13.9 Å². The molecule has 3 aromatic carbocycles. The average Bonchev–Trinajstić information content (AvgIpc) is 3.52. The number of thioether (sulfide) groups is 1. The van der Waals surface area contributed by atoms with E-state index >= 15 is 0 Å². The van der Waals surface area contributed by atoms with Gasteiger partial charge in [-0.3, -0.25) is 0 Å². The Morgan fingerprint density at radius 2 is 1.80 bits per heavy atom. The van der Waals surface area contributed by atoms with Crippen LogP contribution in [-0.2, 0) is 15.8 Å². The fraction of sp³-hybridized carbons (Fsp3) is 0.393. The molecule has 5 rings (SSSR count). The number of rotatable bonds is 9. The second-order valence-electron chi connectivity index (χ2n) is 9.50. The van der Waals surface area contributed by atoms with Gasteiger partial charge in [-0.05, 0) is 53.8 Å². The van der Waals surface area contributed by atoms with Crippen LogP contribution in [0.4, 0.5) is 0 Å². The van der Waals surface area contributed by atoms with Gasteiger partial charge in [0.2, 0.25) is 10.0 Å². The van der Waals surface area contributed by atoms with Crippen LogP contribution < -0.4 is 0 Å². The lowest BCUT2D eigenvalue weighted by Crippen LogP contribution is -2.27. The number of fused-ring (bicyclic) bond motifs is 2. The van der Waals surface area contributed by atoms with Crippen LogP contribution in [0.3, 0.4) is 0 Å². The predicted molar refractivity (Wildman–Crippen MR) is 145 cm³/mol. The first-order valence-corrected chi connectivity index (χ1v) is 15.0. The zero-order valence-corrected chi connectivity index (χ0v) is 22.1. The van der Waals surface area contributed by atoms with E-state index in [1.54, 1.807) is 30.9 Å². The van der Waals surface area contributed by atoms with Gasteiger partial charge in [0.05, 0.1) is 15.9 Å². The van der Waals surface area contributed by atoms with Gasteiger partial charge in [0.1, 0.15) is 0 Å². The molecule has 0 saturated heterocycles. The van der Waals surface area contributed by atoms with Gasteiger partial charge in [-0.1, -0.05) is 80.4 Å². The second-order valence-corrected chi connectivity index (χ2v) is 12.5. The van der Waals surface area contributed by atoms with Crippen LogP contribution in [0.1, 0.15) is 57.1 Å². The Kier molecular flexibility index (Phi) is 7.19. The summed E-state index contributed by atoms with van der Waals surface area (Å²) in [6, 6.07) is 20.9. The van der Waals surface area contributed by atoms with Crippen LogP contribution in [0, 0.1) is 0 Å². The van der Waals surface area contributed by atoms with Crippen molar-refractivity contribution in [2.75, 3.05) is 13.6 Å². The first-order chi connectivity index (χ1) is 17.0. The molecular formula is C28H33N3O2S2. The molecule has 0 aliphatic heterocycles. The molecule has 0 unspecified atom stereocenters. The smallest absolute Gasteiger partial charge is 0.242 e. The Balaban J connectivity index is 1.47. The number of nitrogens with zero attached hydrogens (tertiary/aromatic N) is 3. The van der Waals surface area contributed by atoms with E-state index in [0.29, 0.717) is 17.5 Å². The largest absolute Gasteiger partial charge is 0.316 e. The minimum Gasteiger partial charge on any atom is -0.316 e. The Hall–Kier alpha value is -2.35. The highest BCUT2D eigenvalue weighted by Crippen LogP contribution is 2.38. The molecule has 1 fully saturated rings. The Morgan fingerprint density at radius 1 is 1.03 bits per heavy atom. The molecule has 0 spiro atoms. The summed E-state index contributed by atoms with van der Waals surface area (Å²) in [4.78, 5) is 5.30. The highest BCUT2D eigenvalue weighted by Gasteiger charge is 2.25. The third-order valence-electron chi connectivity index (χ3n) is 7.03. The van der Waals surface area contributed by atoms with Crippen LogP contribution in [0.15, 0.2) is 70.7 Å². The molecule has 1 heterocycles. The van der Waals surface area contributed by atoms with E-state index in [-0.39, 0.29) is 0 Å². The summed E-state index contributed by atoms with van der Waals surface area (Å²) in [5.74, 6) is 0.825. The fourth-order valence-electron chi connectivity index (χ4n) is 4.99. The average molecular weight is 508 g/mol. The summed E-state index contributed by atoms with van der Waals surface area (Å²) in [6.07, 6.45) is 6.57. The standard InChI is InChI=1S/C28H33N3O2S2/c1-3-4-17-30(2)35(32,33)25-15-16-27-26(19-25)29-28(31(27)24-11-7-8-12-24)34-20-21-13-14-22-9-5-6-10-23(22)18-21/h5-6,9-10,13-16,18-19,24H,3-4,7-8,11-12,17,20H2,1-2H3. The zero-order chi connectivity index (χ0) is 24.4. The van der Waals surface area contributed by atoms with E-state index in [1.807, 2.05) is 6.07 Å². The summed E-state index contributed by atoms with van der Waals surface area (Å²) in [6.45, 7) is 2.60. The lowest BCUT2D eigenvalue weighted by molar-refractivity contribution is 0.459. The number of sulfonamides is 1. The molecule has 0 bridgehead atoms. The predicted octanol–water partition coefficient (Wildman–Crippen LogP) is 7.02. The van der Waals surface area contributed by atoms with Gasteiger partial charge in [-0.15, -0.1) is 0 Å². The maximum atomic E-state index is 13.1. The highest BCUT2D eigenvalue weighted by atomic mass is 32.2. The molecule has 0 N–H and O–H groups in total. The van der Waals surface area contributed by atoms with Crippen LogP contribution in [-0.4, -0.2) is 35.9 Å². The van der Waals surface area contributed by atoms with Crippen molar-refractivity contribution in [3.63, 3.8) is 0 Å². The number of imidazole rings is 1. The molecule has 35 heavy (non-hydrogen) atoms. The molecule has 1 aliphatic rings. The van der Waals surface area contributed by atoms with Crippen molar-refractivity contribution in [3.8, 4) is 0 Å². The number of hydrogen-bond donors (Lipinski definition) is 0. The van der Waals surface area contributed by atoms with E-state index in [9.17, 15) is 8.42 Å². The van der Waals surface area contributed by atoms with Crippen molar-refractivity contribution in [1.29, 1.82) is 0 Å². The number of aromatic nitrogens is 2. The molecule has 5 nitrogen and oxygen atoms in total. The maximum Gasteiger partial charge on any atom is 0.242 e. The van der Waals surface area contributed by atoms with Crippen molar-refractivity contribution >= 4 is 43.6 Å². The number of unbranched alkanes of at least 4 members (excludes halogenated alkanes) is 1. The minimum atomic E-state index is -3.52. The molecule has 0 radical (unpaired) electrons. The van der Waals surface area contributed by atoms with Gasteiger partial charge in [-0.2, -0.15) is 0 Å². The SMILES string of the molecule is CCCCN(C)S(=O)(=O)c1ccc2c(c1)nc(SCc1ccc3ccccc3c1)n2C1CCCC1. The second kappa shape index (κ2) is 10.3. The van der Waals surface area contributed by atoms with Crippen molar-refractivity contribution in [2.24, 2.45) is 0 Å². The normalized spacial score (nSPS) is 15.1. The zero-order valence-electron chi connectivity index (χ0n) is 20.5. The van der Waals surface area contributed by atoms with E-state index in [4.69, 9.17) is 4.98 Å². The van der Waals surface area contributed by atoms with E-state index in [1.165, 1.54) is 33.5 Å². The summed E-state index contributed by atoms with van der Waals surface area (Å²) in [7, 11) is -1.86. The van der Waals surface area contributed by atoms with Crippen LogP contribution >= 0.6 is 11.8 Å². The Labute approximate surface area is 212 Å². The van der Waals surface area contributed by atoms with Crippen LogP contribution in [0.5, 0.6) is 0 Å². The molecule has 1 aromatic heterocycles. The Morgan fingerprint density at radius 3 is 2.57 bits per heavy atom. The molecule has 184 valence electrons. The minimum absolute atomic E-state index is 0.325. The van der Waals surface area contributed by atoms with Gasteiger partial charge < -0.3 is 4.57 Å². The van der Waals surface area contributed by atoms with Gasteiger partial charge in [-0.25, -0.2) is 17.7 Å². The van der Waals surface area contributed by atoms with Crippen molar-refractivity contribution in [3.05, 3.63) is 66.2 Å². The summed E-state index contributed by atoms with van der Waals surface area (Å²) < 4.78 is 30.1. The van der Waals surface area contributed by atoms with Crippen molar-refractivity contribution < 1.29 is 8.42 Å². The van der Waals surface area contributed by atoms with E-state index < -0.39 is 10.0 Å². The molecule has 7 heteroatoms. The van der Waals surface area contributed by atoms with Crippen molar-refractivity contribution in [2.45, 2.75) is 67.3 Å². The van der Waals surface area contributed by atoms with E-state index in [0.717, 1.165) is 47.6 Å². The van der Waals surface area contributed by atoms with Crippen LogP contribution in [0.2, 0.25) is 0 Å². The summed E-state index contributed by atoms with van der Waals surface area (Å²) >= 11 is 1.74. The summed E-state index contributed by atoms with van der Waals surface area (Å²) in [5.41, 5.74) is 3.07. The fourth-order valence-corrected chi connectivity index (χ4v) is 7.25. The highest BCUT2D eigenvalue weighted by molar-refractivity contribution is 7.98. The van der Waals surface area contributed by atoms with E-state index in [2.05, 4.69) is 54.0 Å². The molecular weight excluding hydrogens is 474 g/mol. The molecule has 1 aliphatic carbocycles.